The Bertz CT molecular complexity index is 528. The molecule has 0 bridgehead atoms. The van der Waals surface area contributed by atoms with E-state index < -0.39 is 10.0 Å². The summed E-state index contributed by atoms with van der Waals surface area (Å²) in [6, 6.07) is 6.34. The van der Waals surface area contributed by atoms with Crippen LogP contribution in [-0.2, 0) is 10.0 Å². The van der Waals surface area contributed by atoms with Gasteiger partial charge < -0.3 is 10.9 Å². The summed E-state index contributed by atoms with van der Waals surface area (Å²) in [5.41, 5.74) is 5.30. The average Bonchev–Trinajstić information content (AvgIpc) is 2.35. The van der Waals surface area contributed by atoms with E-state index in [9.17, 15) is 8.42 Å². The lowest BCUT2D eigenvalue weighted by molar-refractivity contribution is 0.316. The molecule has 0 heterocycles. The molecule has 0 unspecified atom stereocenters. The fourth-order valence-electron chi connectivity index (χ4n) is 1.23. The highest BCUT2D eigenvalue weighted by atomic mass is 79.9. The van der Waals surface area contributed by atoms with Crippen molar-refractivity contribution in [3.63, 3.8) is 0 Å². The first kappa shape index (κ1) is 14.9. The number of benzene rings is 1. The van der Waals surface area contributed by atoms with E-state index in [1.165, 1.54) is 19.2 Å². The highest BCUT2D eigenvalue weighted by Crippen LogP contribution is 2.17. The quantitative estimate of drug-likeness (QED) is 0.366. The summed E-state index contributed by atoms with van der Waals surface area (Å²) in [6.07, 6.45) is 0.169. The lowest BCUT2D eigenvalue weighted by Gasteiger charge is -2.16. The van der Waals surface area contributed by atoms with Crippen LogP contribution in [0.4, 0.5) is 0 Å². The van der Waals surface area contributed by atoms with E-state index in [0.29, 0.717) is 0 Å². The summed E-state index contributed by atoms with van der Waals surface area (Å²) in [5.74, 6) is -0.00661. The Morgan fingerprint density at radius 3 is 2.50 bits per heavy atom. The molecular formula is C10H14BrN3O3S. The topological polar surface area (TPSA) is 96.0 Å². The molecule has 3 N–H and O–H groups in total. The number of nitrogens with two attached hydrogens (primary N) is 1. The first-order chi connectivity index (χ1) is 8.37. The second-order valence-electron chi connectivity index (χ2n) is 3.62. The molecule has 0 atom stereocenters. The van der Waals surface area contributed by atoms with E-state index in [0.717, 1.165) is 8.78 Å². The van der Waals surface area contributed by atoms with Crippen LogP contribution in [0, 0.1) is 0 Å². The fraction of sp³-hybridized carbons (Fsp3) is 0.300. The molecule has 0 aliphatic rings. The third kappa shape index (κ3) is 3.69. The van der Waals surface area contributed by atoms with Gasteiger partial charge in [-0.05, 0) is 24.3 Å². The molecule has 0 radical (unpaired) electrons. The van der Waals surface area contributed by atoms with E-state index >= 15 is 0 Å². The van der Waals surface area contributed by atoms with Crippen molar-refractivity contribution in [3.8, 4) is 0 Å². The Balaban J connectivity index is 2.83. The van der Waals surface area contributed by atoms with E-state index in [4.69, 9.17) is 10.9 Å². The first-order valence-corrected chi connectivity index (χ1v) is 7.29. The van der Waals surface area contributed by atoms with Crippen molar-refractivity contribution in [1.29, 1.82) is 0 Å². The minimum atomic E-state index is -3.54. The number of halogens is 1. The van der Waals surface area contributed by atoms with Crippen LogP contribution in [0.2, 0.25) is 0 Å². The van der Waals surface area contributed by atoms with E-state index in [1.54, 1.807) is 12.1 Å². The number of amidine groups is 1. The third-order valence-electron chi connectivity index (χ3n) is 2.33. The molecule has 0 aliphatic heterocycles. The highest BCUT2D eigenvalue weighted by molar-refractivity contribution is 9.10. The van der Waals surface area contributed by atoms with E-state index in [-0.39, 0.29) is 23.7 Å². The van der Waals surface area contributed by atoms with Crippen LogP contribution in [0.5, 0.6) is 0 Å². The van der Waals surface area contributed by atoms with Gasteiger partial charge in [0.25, 0.3) is 0 Å². The molecule has 0 aliphatic carbocycles. The van der Waals surface area contributed by atoms with Crippen molar-refractivity contribution < 1.29 is 13.6 Å². The number of nitrogens with zero attached hydrogens (tertiary/aromatic N) is 2. The zero-order valence-electron chi connectivity index (χ0n) is 9.75. The van der Waals surface area contributed by atoms with Crippen LogP contribution in [-0.4, -0.2) is 37.4 Å². The normalized spacial score (nSPS) is 12.9. The standard InChI is InChI=1S/C10H14BrN3O3S/c1-14(7-6-10(12)13-15)18(16,17)9-4-2-8(11)3-5-9/h2-5,15H,6-7H2,1H3,(H2,12,13). The maximum absolute atomic E-state index is 12.1. The van der Waals surface area contributed by atoms with Gasteiger partial charge in [-0.15, -0.1) is 0 Å². The van der Waals surface area contributed by atoms with Gasteiger partial charge in [0.05, 0.1) is 4.90 Å². The van der Waals surface area contributed by atoms with Gasteiger partial charge in [-0.1, -0.05) is 21.1 Å². The Hall–Kier alpha value is -1.12. The highest BCUT2D eigenvalue weighted by Gasteiger charge is 2.20. The summed E-state index contributed by atoms with van der Waals surface area (Å²) >= 11 is 3.24. The molecule has 6 nitrogen and oxygen atoms in total. The van der Waals surface area contributed by atoms with Crippen molar-refractivity contribution in [2.75, 3.05) is 13.6 Å². The molecule has 0 saturated heterocycles. The Morgan fingerprint density at radius 2 is 2.00 bits per heavy atom. The predicted molar refractivity (Wildman–Crippen MR) is 72.0 cm³/mol. The van der Waals surface area contributed by atoms with Crippen LogP contribution >= 0.6 is 15.9 Å². The molecule has 0 saturated carbocycles. The third-order valence-corrected chi connectivity index (χ3v) is 4.73. The Kier molecular flexibility index (Phi) is 5.12. The average molecular weight is 336 g/mol. The monoisotopic (exact) mass is 335 g/mol. The number of sulfonamides is 1. The maximum Gasteiger partial charge on any atom is 0.242 e. The molecule has 0 amide bonds. The van der Waals surface area contributed by atoms with Gasteiger partial charge in [-0.3, -0.25) is 0 Å². The van der Waals surface area contributed by atoms with Crippen molar-refractivity contribution >= 4 is 31.8 Å². The van der Waals surface area contributed by atoms with Gasteiger partial charge >= 0.3 is 0 Å². The van der Waals surface area contributed by atoms with Gasteiger partial charge in [0.1, 0.15) is 5.84 Å². The van der Waals surface area contributed by atoms with Crippen LogP contribution in [0.3, 0.4) is 0 Å². The maximum atomic E-state index is 12.1. The number of oxime groups is 1. The Labute approximate surface area is 114 Å². The zero-order chi connectivity index (χ0) is 13.8. The summed E-state index contributed by atoms with van der Waals surface area (Å²) in [6.45, 7) is 0.147. The van der Waals surface area contributed by atoms with Crippen molar-refractivity contribution in [2.45, 2.75) is 11.3 Å². The zero-order valence-corrected chi connectivity index (χ0v) is 12.1. The molecule has 8 heteroatoms. The van der Waals surface area contributed by atoms with E-state index in [1.807, 2.05) is 0 Å². The summed E-state index contributed by atoms with van der Waals surface area (Å²) < 4.78 is 26.2. The second kappa shape index (κ2) is 6.17. The van der Waals surface area contributed by atoms with Gasteiger partial charge in [0.2, 0.25) is 10.0 Å². The molecular weight excluding hydrogens is 322 g/mol. The Morgan fingerprint density at radius 1 is 1.44 bits per heavy atom. The molecule has 1 aromatic rings. The SMILES string of the molecule is CN(CC/C(N)=N/O)S(=O)(=O)c1ccc(Br)cc1. The smallest absolute Gasteiger partial charge is 0.242 e. The molecule has 0 aromatic heterocycles. The van der Waals surface area contributed by atoms with Crippen LogP contribution in [0.15, 0.2) is 38.8 Å². The fourth-order valence-corrected chi connectivity index (χ4v) is 2.66. The molecule has 0 spiro atoms. The molecule has 100 valence electrons. The molecule has 1 rings (SSSR count). The largest absolute Gasteiger partial charge is 0.409 e. The summed E-state index contributed by atoms with van der Waals surface area (Å²) in [5, 5.41) is 11.2. The van der Waals surface area contributed by atoms with Gasteiger partial charge in [0, 0.05) is 24.5 Å². The summed E-state index contributed by atoms with van der Waals surface area (Å²) in [7, 11) is -2.09. The second-order valence-corrected chi connectivity index (χ2v) is 6.58. The number of rotatable bonds is 5. The lowest BCUT2D eigenvalue weighted by Crippen LogP contribution is -2.30. The first-order valence-electron chi connectivity index (χ1n) is 5.06. The molecule has 1 aromatic carbocycles. The minimum absolute atomic E-state index is 0.00661. The molecule has 18 heavy (non-hydrogen) atoms. The van der Waals surface area contributed by atoms with Crippen LogP contribution in [0.1, 0.15) is 6.42 Å². The summed E-state index contributed by atoms with van der Waals surface area (Å²) in [4.78, 5) is 0.202. The lowest BCUT2D eigenvalue weighted by atomic mass is 10.4. The van der Waals surface area contributed by atoms with Crippen LogP contribution in [0.25, 0.3) is 0 Å². The predicted octanol–water partition coefficient (Wildman–Crippen LogP) is 1.21. The van der Waals surface area contributed by atoms with Gasteiger partial charge in [0.15, 0.2) is 0 Å². The van der Waals surface area contributed by atoms with Crippen molar-refractivity contribution in [1.82, 2.24) is 4.31 Å². The van der Waals surface area contributed by atoms with Gasteiger partial charge in [-0.2, -0.15) is 0 Å². The van der Waals surface area contributed by atoms with Crippen molar-refractivity contribution in [3.05, 3.63) is 28.7 Å². The van der Waals surface area contributed by atoms with E-state index in [2.05, 4.69) is 21.1 Å². The number of hydrogen-bond donors (Lipinski definition) is 2. The number of hydrogen-bond acceptors (Lipinski definition) is 4. The minimum Gasteiger partial charge on any atom is -0.409 e. The van der Waals surface area contributed by atoms with Gasteiger partial charge in [-0.25, -0.2) is 12.7 Å². The van der Waals surface area contributed by atoms with Crippen molar-refractivity contribution in [2.24, 2.45) is 10.9 Å². The van der Waals surface area contributed by atoms with Crippen LogP contribution < -0.4 is 5.73 Å². The molecule has 0 fully saturated rings.